The molecule has 0 amide bonds. The van der Waals surface area contributed by atoms with Gasteiger partial charge in [0.25, 0.3) is 0 Å². The van der Waals surface area contributed by atoms with Gasteiger partial charge in [0.15, 0.2) is 0 Å². The van der Waals surface area contributed by atoms with E-state index in [0.29, 0.717) is 6.04 Å². The van der Waals surface area contributed by atoms with E-state index in [9.17, 15) is 0 Å². The number of hydrogen-bond acceptors (Lipinski definition) is 2. The van der Waals surface area contributed by atoms with Gasteiger partial charge in [-0.25, -0.2) is 0 Å². The minimum absolute atomic E-state index is 0.186. The summed E-state index contributed by atoms with van der Waals surface area (Å²) in [6.07, 6.45) is 6.88. The van der Waals surface area contributed by atoms with Crippen LogP contribution in [0, 0.1) is 17.8 Å². The van der Waals surface area contributed by atoms with Crippen molar-refractivity contribution in [1.29, 1.82) is 0 Å². The van der Waals surface area contributed by atoms with Gasteiger partial charge in [0.05, 0.1) is 0 Å². The second-order valence-electron chi connectivity index (χ2n) is 3.83. The van der Waals surface area contributed by atoms with Crippen LogP contribution in [-0.2, 0) is 0 Å². The molecule has 0 fully saturated rings. The van der Waals surface area contributed by atoms with Gasteiger partial charge in [0.1, 0.15) is 0 Å². The number of hydrazine groups is 1. The maximum Gasteiger partial charge on any atom is 0.0268 e. The molecule has 0 aromatic rings. The fraction of sp³-hybridized carbons (Fsp3) is 0.778. The third-order valence-electron chi connectivity index (χ3n) is 1.82. The summed E-state index contributed by atoms with van der Waals surface area (Å²) < 4.78 is 0. The van der Waals surface area contributed by atoms with Crippen LogP contribution in [0.4, 0.5) is 0 Å². The van der Waals surface area contributed by atoms with E-state index in [4.69, 9.17) is 12.3 Å². The molecule has 64 valence electrons. The van der Waals surface area contributed by atoms with Crippen LogP contribution in [0.5, 0.6) is 0 Å². The summed E-state index contributed by atoms with van der Waals surface area (Å²) in [5, 5.41) is 0. The summed E-state index contributed by atoms with van der Waals surface area (Å²) in [5.41, 5.74) is 2.97. The second-order valence-corrected chi connectivity index (χ2v) is 3.83. The minimum Gasteiger partial charge on any atom is -0.271 e. The molecule has 3 N–H and O–H groups in total. The van der Waals surface area contributed by atoms with Gasteiger partial charge >= 0.3 is 0 Å². The van der Waals surface area contributed by atoms with Crippen molar-refractivity contribution >= 4 is 0 Å². The highest BCUT2D eigenvalue weighted by molar-refractivity contribution is 4.88. The van der Waals surface area contributed by atoms with Crippen molar-refractivity contribution in [3.05, 3.63) is 0 Å². The Morgan fingerprint density at radius 2 is 2.09 bits per heavy atom. The van der Waals surface area contributed by atoms with E-state index in [-0.39, 0.29) is 5.41 Å². The lowest BCUT2D eigenvalue weighted by molar-refractivity contribution is 0.259. The average molecular weight is 154 g/mol. The number of rotatable bonds is 3. The Morgan fingerprint density at radius 3 is 2.36 bits per heavy atom. The Hall–Kier alpha value is -0.520. The van der Waals surface area contributed by atoms with Crippen molar-refractivity contribution in [1.82, 2.24) is 5.43 Å². The lowest BCUT2D eigenvalue weighted by Gasteiger charge is -2.29. The molecule has 1 atom stereocenters. The molecule has 0 heterocycles. The molecule has 0 saturated carbocycles. The molecule has 11 heavy (non-hydrogen) atoms. The zero-order valence-electron chi connectivity index (χ0n) is 7.65. The van der Waals surface area contributed by atoms with Gasteiger partial charge in [-0.15, -0.1) is 12.3 Å². The molecule has 0 aliphatic heterocycles. The molecule has 0 saturated heterocycles. The summed E-state index contributed by atoms with van der Waals surface area (Å²) in [5.74, 6) is 7.99. The van der Waals surface area contributed by atoms with Gasteiger partial charge in [-0.05, 0) is 11.8 Å². The normalized spacial score (nSPS) is 14.1. The van der Waals surface area contributed by atoms with Gasteiger partial charge < -0.3 is 0 Å². The van der Waals surface area contributed by atoms with Crippen molar-refractivity contribution in [2.24, 2.45) is 11.3 Å². The molecule has 0 aliphatic rings. The SMILES string of the molecule is C#CCCC(NN)C(C)(C)C. The molecule has 1 unspecified atom stereocenters. The smallest absolute Gasteiger partial charge is 0.0268 e. The van der Waals surface area contributed by atoms with Crippen LogP contribution in [0.1, 0.15) is 33.6 Å². The monoisotopic (exact) mass is 154 g/mol. The van der Waals surface area contributed by atoms with E-state index in [0.717, 1.165) is 12.8 Å². The van der Waals surface area contributed by atoms with E-state index in [2.05, 4.69) is 32.1 Å². The molecule has 0 bridgehead atoms. The molecule has 0 aromatic heterocycles. The van der Waals surface area contributed by atoms with Gasteiger partial charge in [-0.1, -0.05) is 20.8 Å². The fourth-order valence-electron chi connectivity index (χ4n) is 0.994. The summed E-state index contributed by atoms with van der Waals surface area (Å²) in [4.78, 5) is 0. The molecule has 2 heteroatoms. The molecular weight excluding hydrogens is 136 g/mol. The largest absolute Gasteiger partial charge is 0.271 e. The predicted octanol–water partition coefficient (Wildman–Crippen LogP) is 1.28. The highest BCUT2D eigenvalue weighted by Crippen LogP contribution is 2.21. The number of nitrogens with one attached hydrogen (secondary N) is 1. The van der Waals surface area contributed by atoms with Crippen LogP contribution in [0.2, 0.25) is 0 Å². The molecule has 0 rings (SSSR count). The highest BCUT2D eigenvalue weighted by atomic mass is 15.2. The van der Waals surface area contributed by atoms with Crippen LogP contribution < -0.4 is 11.3 Å². The first-order valence-corrected chi connectivity index (χ1v) is 3.92. The molecule has 0 spiro atoms. The summed E-state index contributed by atoms with van der Waals surface area (Å²) >= 11 is 0. The maximum absolute atomic E-state index is 5.38. The van der Waals surface area contributed by atoms with E-state index in [1.54, 1.807) is 0 Å². The van der Waals surface area contributed by atoms with Gasteiger partial charge in [-0.3, -0.25) is 11.3 Å². The Bertz CT molecular complexity index is 139. The Balaban J connectivity index is 3.88. The van der Waals surface area contributed by atoms with E-state index >= 15 is 0 Å². The molecule has 0 aliphatic carbocycles. The minimum atomic E-state index is 0.186. The second kappa shape index (κ2) is 4.38. The van der Waals surface area contributed by atoms with Crippen LogP contribution in [0.3, 0.4) is 0 Å². The first kappa shape index (κ1) is 10.5. The van der Waals surface area contributed by atoms with Crippen LogP contribution >= 0.6 is 0 Å². The third kappa shape index (κ3) is 4.02. The van der Waals surface area contributed by atoms with Gasteiger partial charge in [0, 0.05) is 12.5 Å². The fourth-order valence-corrected chi connectivity index (χ4v) is 0.994. The zero-order chi connectivity index (χ0) is 8.91. The zero-order valence-corrected chi connectivity index (χ0v) is 7.65. The van der Waals surface area contributed by atoms with Crippen LogP contribution in [0.25, 0.3) is 0 Å². The lowest BCUT2D eigenvalue weighted by atomic mass is 9.84. The molecule has 0 radical (unpaired) electrons. The Labute approximate surface area is 69.5 Å². The topological polar surface area (TPSA) is 38.0 Å². The number of terminal acetylenes is 1. The summed E-state index contributed by atoms with van der Waals surface area (Å²) in [6.45, 7) is 6.44. The van der Waals surface area contributed by atoms with Crippen molar-refractivity contribution in [3.8, 4) is 12.3 Å². The van der Waals surface area contributed by atoms with E-state index < -0.39 is 0 Å². The lowest BCUT2D eigenvalue weighted by Crippen LogP contribution is -2.44. The Morgan fingerprint density at radius 1 is 1.55 bits per heavy atom. The van der Waals surface area contributed by atoms with Crippen molar-refractivity contribution in [2.75, 3.05) is 0 Å². The van der Waals surface area contributed by atoms with Crippen LogP contribution in [0.15, 0.2) is 0 Å². The Kier molecular flexibility index (Phi) is 4.17. The van der Waals surface area contributed by atoms with Crippen molar-refractivity contribution < 1.29 is 0 Å². The maximum atomic E-state index is 5.38. The van der Waals surface area contributed by atoms with Crippen LogP contribution in [-0.4, -0.2) is 6.04 Å². The first-order valence-electron chi connectivity index (χ1n) is 3.92. The molecule has 2 nitrogen and oxygen atoms in total. The van der Waals surface area contributed by atoms with Crippen molar-refractivity contribution in [3.63, 3.8) is 0 Å². The number of hydrogen-bond donors (Lipinski definition) is 2. The van der Waals surface area contributed by atoms with E-state index in [1.165, 1.54) is 0 Å². The highest BCUT2D eigenvalue weighted by Gasteiger charge is 2.22. The first-order chi connectivity index (χ1) is 5.02. The van der Waals surface area contributed by atoms with Crippen molar-refractivity contribution in [2.45, 2.75) is 39.7 Å². The summed E-state index contributed by atoms with van der Waals surface area (Å²) in [6, 6.07) is 0.304. The summed E-state index contributed by atoms with van der Waals surface area (Å²) in [7, 11) is 0. The third-order valence-corrected chi connectivity index (χ3v) is 1.82. The van der Waals surface area contributed by atoms with E-state index in [1.807, 2.05) is 0 Å². The van der Waals surface area contributed by atoms with Gasteiger partial charge in [0.2, 0.25) is 0 Å². The predicted molar refractivity (Wildman–Crippen MR) is 48.6 cm³/mol. The quantitative estimate of drug-likeness (QED) is 0.365. The average Bonchev–Trinajstić information content (AvgIpc) is 1.87. The molecular formula is C9H18N2. The van der Waals surface area contributed by atoms with Gasteiger partial charge in [-0.2, -0.15) is 0 Å². The molecule has 0 aromatic carbocycles. The standard InChI is InChI=1S/C9H18N2/c1-5-6-7-8(11-10)9(2,3)4/h1,8,11H,6-7,10H2,2-4H3. The number of nitrogens with two attached hydrogens (primary N) is 1.